The largest absolute Gasteiger partial charge is 0.507 e. The van der Waals surface area contributed by atoms with Crippen molar-refractivity contribution in [1.82, 2.24) is 4.90 Å². The summed E-state index contributed by atoms with van der Waals surface area (Å²) in [6.45, 7) is 3.87. The number of likely N-dealkylation sites (tertiary alicyclic amines) is 1. The van der Waals surface area contributed by atoms with Gasteiger partial charge in [0.05, 0.1) is 35.4 Å². The van der Waals surface area contributed by atoms with Gasteiger partial charge in [-0.05, 0) is 84.5 Å². The van der Waals surface area contributed by atoms with Gasteiger partial charge in [0.25, 0.3) is 0 Å². The van der Waals surface area contributed by atoms with Crippen LogP contribution in [-0.2, 0) is 31.1 Å². The average molecular weight is 677 g/mol. The number of carbonyl (C=O) groups excluding carboxylic acids is 4. The number of carbonyl (C=O) groups is 4. The van der Waals surface area contributed by atoms with E-state index in [-0.39, 0.29) is 42.3 Å². The Labute approximate surface area is 287 Å². The summed E-state index contributed by atoms with van der Waals surface area (Å²) in [5.74, 6) is -4.02. The highest BCUT2D eigenvalue weighted by atomic mass is 35.5. The van der Waals surface area contributed by atoms with Gasteiger partial charge < -0.3 is 5.11 Å². The van der Waals surface area contributed by atoms with E-state index in [1.165, 1.54) is 21.1 Å². The molecule has 3 heterocycles. The lowest BCUT2D eigenvalue weighted by molar-refractivity contribution is -0.141. The second-order valence-electron chi connectivity index (χ2n) is 13.4. The molecule has 0 bridgehead atoms. The number of nitrogens with zero attached hydrogens (tertiary/aromatic N) is 2. The van der Waals surface area contributed by atoms with Crippen LogP contribution in [0, 0.1) is 37.5 Å². The number of aromatic hydroxyl groups is 1. The van der Waals surface area contributed by atoms with E-state index in [0.717, 1.165) is 16.0 Å². The van der Waals surface area contributed by atoms with Gasteiger partial charge in [-0.3, -0.25) is 24.1 Å². The molecule has 4 aromatic rings. The van der Waals surface area contributed by atoms with Crippen LogP contribution in [0.5, 0.6) is 5.75 Å². The molecular weight excluding hydrogens is 644 g/mol. The molecule has 9 heteroatoms. The lowest BCUT2D eigenvalue weighted by atomic mass is 9.49. The summed E-state index contributed by atoms with van der Waals surface area (Å²) < 4.78 is 0. The fraction of sp³-hybridized carbons (Fsp3) is 0.282. The number of phenols is 1. The smallest absolute Gasteiger partial charge is 0.246 e. The molecule has 3 aromatic carbocycles. The molecule has 3 fully saturated rings. The normalized spacial score (nSPS) is 28.0. The van der Waals surface area contributed by atoms with Crippen LogP contribution in [0.1, 0.15) is 45.9 Å². The first kappa shape index (κ1) is 30.8. The molecule has 0 spiro atoms. The molecule has 1 aromatic heterocycles. The van der Waals surface area contributed by atoms with Crippen molar-refractivity contribution in [1.29, 1.82) is 0 Å². The van der Waals surface area contributed by atoms with Gasteiger partial charge in [0.15, 0.2) is 0 Å². The summed E-state index contributed by atoms with van der Waals surface area (Å²) in [4.78, 5) is 61.9. The van der Waals surface area contributed by atoms with Crippen molar-refractivity contribution in [2.45, 2.75) is 44.6 Å². The van der Waals surface area contributed by atoms with E-state index in [9.17, 15) is 19.5 Å². The van der Waals surface area contributed by atoms with Crippen LogP contribution in [0.3, 0.4) is 0 Å². The fourth-order valence-electron chi connectivity index (χ4n) is 9.05. The second kappa shape index (κ2) is 11.3. The Kier molecular flexibility index (Phi) is 7.23. The predicted octanol–water partition coefficient (Wildman–Crippen LogP) is 7.09. The van der Waals surface area contributed by atoms with E-state index in [4.69, 9.17) is 11.6 Å². The summed E-state index contributed by atoms with van der Waals surface area (Å²) in [5, 5.41) is 13.1. The Morgan fingerprint density at radius 2 is 1.62 bits per heavy atom. The highest BCUT2D eigenvalue weighted by Gasteiger charge is 2.70. The summed E-state index contributed by atoms with van der Waals surface area (Å²) in [5.41, 5.74) is 2.73. The van der Waals surface area contributed by atoms with Gasteiger partial charge in [-0.15, -0.1) is 11.3 Å². The predicted molar refractivity (Wildman–Crippen MR) is 184 cm³/mol. The summed E-state index contributed by atoms with van der Waals surface area (Å²) in [6.07, 6.45) is 2.67. The van der Waals surface area contributed by atoms with Crippen LogP contribution in [-0.4, -0.2) is 33.6 Å². The van der Waals surface area contributed by atoms with Crippen LogP contribution in [0.25, 0.3) is 0 Å². The Morgan fingerprint density at radius 1 is 0.875 bits per heavy atom. The molecule has 1 saturated carbocycles. The van der Waals surface area contributed by atoms with E-state index < -0.39 is 35.0 Å². The molecule has 2 aliphatic heterocycles. The zero-order valence-corrected chi connectivity index (χ0v) is 28.0. The minimum Gasteiger partial charge on any atom is -0.507 e. The van der Waals surface area contributed by atoms with Crippen LogP contribution < -0.4 is 4.90 Å². The molecule has 0 radical (unpaired) electrons. The van der Waals surface area contributed by atoms with E-state index in [0.29, 0.717) is 33.8 Å². The Morgan fingerprint density at radius 3 is 2.31 bits per heavy atom. The topological polar surface area (TPSA) is 95.0 Å². The van der Waals surface area contributed by atoms with Crippen molar-refractivity contribution in [3.05, 3.63) is 128 Å². The number of imide groups is 2. The number of hydrogen-bond acceptors (Lipinski definition) is 6. The molecule has 6 atom stereocenters. The summed E-state index contributed by atoms with van der Waals surface area (Å²) in [6, 6.07) is 23.8. The molecule has 2 saturated heterocycles. The first-order chi connectivity index (χ1) is 23.1. The van der Waals surface area contributed by atoms with Gasteiger partial charge in [-0.25, -0.2) is 4.90 Å². The van der Waals surface area contributed by atoms with Crippen LogP contribution in [0.15, 0.2) is 95.9 Å². The summed E-state index contributed by atoms with van der Waals surface area (Å²) >= 11 is 7.90. The molecular formula is C39H33ClN2O5S. The van der Waals surface area contributed by atoms with Crippen LogP contribution in [0.4, 0.5) is 5.69 Å². The van der Waals surface area contributed by atoms with Gasteiger partial charge in [0.2, 0.25) is 23.6 Å². The van der Waals surface area contributed by atoms with Crippen LogP contribution >= 0.6 is 22.9 Å². The molecule has 4 aliphatic rings. The third-order valence-corrected chi connectivity index (χ3v) is 12.1. The van der Waals surface area contributed by atoms with E-state index in [2.05, 4.69) is 6.08 Å². The lowest BCUT2D eigenvalue weighted by Crippen LogP contribution is -2.53. The highest BCUT2D eigenvalue weighted by molar-refractivity contribution is 7.09. The maximum Gasteiger partial charge on any atom is 0.246 e. The van der Waals surface area contributed by atoms with Crippen molar-refractivity contribution in [2.75, 3.05) is 4.90 Å². The minimum absolute atomic E-state index is 0.171. The standard InChI is InChI=1S/C39H33ClN2O5S/c1-21-16-23(17-22(2)34(21)43)33-28-13-14-29-32(37(46)41(35(29)44)20-27-12-7-15-48-27)30(28)19-31-36(45)42(26-11-6-10-25(40)18-26)38(47)39(31,33)24-8-4-3-5-9-24/h3-13,15-18,29-33,43H,14,19-20H2,1-2H3/t29-,30+,31-,32-,33-,39+/m0/s1. The maximum absolute atomic E-state index is 15.3. The first-order valence-electron chi connectivity index (χ1n) is 16.2. The minimum atomic E-state index is -1.35. The number of fused-ring (bicyclic) bond motifs is 4. The lowest BCUT2D eigenvalue weighted by Gasteiger charge is -2.51. The number of thiophene rings is 1. The monoisotopic (exact) mass is 676 g/mol. The number of rotatable bonds is 5. The van der Waals surface area contributed by atoms with Crippen LogP contribution in [0.2, 0.25) is 5.02 Å². The molecule has 242 valence electrons. The highest BCUT2D eigenvalue weighted by Crippen LogP contribution is 2.64. The third-order valence-electron chi connectivity index (χ3n) is 11.0. The third kappa shape index (κ3) is 4.31. The van der Waals surface area contributed by atoms with Gasteiger partial charge >= 0.3 is 0 Å². The second-order valence-corrected chi connectivity index (χ2v) is 14.9. The molecule has 2 aliphatic carbocycles. The molecule has 1 N–H and O–H groups in total. The SMILES string of the molecule is Cc1cc([C@H]2C3=CC[C@@H]4C(=O)N(Cc5cccs5)C(=O)[C@@H]4[C@@H]3C[C@H]3C(=O)N(c4cccc(Cl)c4)C(=O)[C@@]23c2ccccc2)cc(C)c1O. The Bertz CT molecular complexity index is 2020. The van der Waals surface area contributed by atoms with Gasteiger partial charge in [0.1, 0.15) is 5.75 Å². The van der Waals surface area contributed by atoms with Crippen molar-refractivity contribution in [3.63, 3.8) is 0 Å². The number of halogens is 1. The number of hydrogen-bond donors (Lipinski definition) is 1. The fourth-order valence-corrected chi connectivity index (χ4v) is 9.93. The van der Waals surface area contributed by atoms with Crippen molar-refractivity contribution >= 4 is 52.3 Å². The molecule has 7 nitrogen and oxygen atoms in total. The van der Waals surface area contributed by atoms with E-state index in [1.807, 2.05) is 73.8 Å². The Hall–Kier alpha value is -4.53. The molecule has 0 unspecified atom stereocenters. The van der Waals surface area contributed by atoms with Gasteiger partial charge in [0, 0.05) is 15.8 Å². The number of phenolic OH excluding ortho intramolecular Hbond substituents is 1. The van der Waals surface area contributed by atoms with Crippen molar-refractivity contribution in [3.8, 4) is 5.75 Å². The number of anilines is 1. The average Bonchev–Trinajstić information content (AvgIpc) is 3.74. The molecule has 8 rings (SSSR count). The quantitative estimate of drug-likeness (QED) is 0.180. The van der Waals surface area contributed by atoms with Crippen molar-refractivity contribution < 1.29 is 24.3 Å². The number of benzene rings is 3. The van der Waals surface area contributed by atoms with Gasteiger partial charge in [-0.2, -0.15) is 0 Å². The number of aryl methyl sites for hydroxylation is 2. The molecule has 48 heavy (non-hydrogen) atoms. The van der Waals surface area contributed by atoms with E-state index >= 15 is 4.79 Å². The van der Waals surface area contributed by atoms with Gasteiger partial charge in [-0.1, -0.05) is 77.8 Å². The van der Waals surface area contributed by atoms with E-state index in [1.54, 1.807) is 24.3 Å². The zero-order valence-electron chi connectivity index (χ0n) is 26.4. The number of allylic oxidation sites excluding steroid dienone is 2. The Balaban J connectivity index is 1.35. The molecule has 4 amide bonds. The summed E-state index contributed by atoms with van der Waals surface area (Å²) in [7, 11) is 0. The van der Waals surface area contributed by atoms with Crippen molar-refractivity contribution in [2.24, 2.45) is 23.7 Å². The number of amides is 4. The maximum atomic E-state index is 15.3. The zero-order chi connectivity index (χ0) is 33.5. The first-order valence-corrected chi connectivity index (χ1v) is 17.5.